The van der Waals surface area contributed by atoms with Gasteiger partial charge in [0.1, 0.15) is 4.34 Å². The molecule has 1 aromatic heterocycles. The van der Waals surface area contributed by atoms with Gasteiger partial charge < -0.3 is 11.1 Å². The van der Waals surface area contributed by atoms with Crippen LogP contribution in [0.2, 0.25) is 10.0 Å². The minimum atomic E-state index is -0.120. The maximum atomic E-state index is 11.9. The molecule has 2 aromatic rings. The number of nitrogens with one attached hydrogen (secondary N) is 1. The summed E-state index contributed by atoms with van der Waals surface area (Å²) in [5.74, 6) is 0.718. The highest BCUT2D eigenvalue weighted by molar-refractivity contribution is 8.00. The molecule has 21 heavy (non-hydrogen) atoms. The lowest BCUT2D eigenvalue weighted by Gasteiger charge is -2.10. The molecule has 0 aliphatic rings. The second-order valence-electron chi connectivity index (χ2n) is 4.15. The normalized spacial score (nSPS) is 10.6. The maximum Gasteiger partial charge on any atom is 0.224 e. The third-order valence-electron chi connectivity index (χ3n) is 2.53. The fraction of sp³-hybridized carbons (Fsp3) is 0.231. The van der Waals surface area contributed by atoms with Crippen molar-refractivity contribution in [3.05, 3.63) is 33.8 Å². The molecular weight excluding hydrogens is 349 g/mol. The van der Waals surface area contributed by atoms with E-state index in [1.54, 1.807) is 41.4 Å². The number of thiazole rings is 1. The lowest BCUT2D eigenvalue weighted by atomic mass is 10.2. The van der Waals surface area contributed by atoms with E-state index >= 15 is 0 Å². The van der Waals surface area contributed by atoms with Gasteiger partial charge in [-0.1, -0.05) is 35.0 Å². The van der Waals surface area contributed by atoms with Gasteiger partial charge in [0.05, 0.1) is 16.4 Å². The number of anilines is 2. The van der Waals surface area contributed by atoms with Crippen molar-refractivity contribution < 1.29 is 4.79 Å². The molecule has 0 unspecified atom stereocenters. The molecule has 0 spiro atoms. The molecular formula is C13H13Cl2N3OS2. The Morgan fingerprint density at radius 3 is 2.90 bits per heavy atom. The van der Waals surface area contributed by atoms with Crippen LogP contribution in [0.15, 0.2) is 28.0 Å². The van der Waals surface area contributed by atoms with E-state index in [-0.39, 0.29) is 5.91 Å². The summed E-state index contributed by atoms with van der Waals surface area (Å²) in [6, 6.07) is 3.11. The van der Waals surface area contributed by atoms with E-state index < -0.39 is 0 Å². The van der Waals surface area contributed by atoms with Crippen LogP contribution in [0.25, 0.3) is 0 Å². The molecule has 1 amide bonds. The second kappa shape index (κ2) is 7.89. The Morgan fingerprint density at radius 1 is 1.43 bits per heavy atom. The van der Waals surface area contributed by atoms with Crippen LogP contribution in [0.3, 0.4) is 0 Å². The average molecular weight is 362 g/mol. The van der Waals surface area contributed by atoms with Gasteiger partial charge in [-0.3, -0.25) is 4.79 Å². The van der Waals surface area contributed by atoms with E-state index in [1.165, 1.54) is 0 Å². The number of carbonyl (C=O) groups is 1. The first kappa shape index (κ1) is 16.4. The van der Waals surface area contributed by atoms with Crippen LogP contribution in [0, 0.1) is 0 Å². The molecule has 0 fully saturated rings. The Kier molecular flexibility index (Phi) is 6.17. The summed E-state index contributed by atoms with van der Waals surface area (Å²) in [6.45, 7) is 0. The molecule has 3 N–H and O–H groups in total. The van der Waals surface area contributed by atoms with Gasteiger partial charge in [0.25, 0.3) is 0 Å². The molecule has 0 aliphatic heterocycles. The van der Waals surface area contributed by atoms with Crippen LogP contribution < -0.4 is 11.1 Å². The fourth-order valence-corrected chi connectivity index (χ4v) is 3.80. The molecule has 0 saturated carbocycles. The third kappa shape index (κ3) is 5.07. The number of thioether (sulfide) groups is 1. The standard InChI is InChI=1S/C13H13Cl2N3OS2/c14-8-6-9(15)12(10(16)7-8)18-11(19)2-1-4-20-13-17-3-5-21-13/h3,5-7H,1-2,4,16H2,(H,18,19). The Labute approximate surface area is 141 Å². The van der Waals surface area contributed by atoms with Gasteiger partial charge in [-0.15, -0.1) is 11.3 Å². The number of carbonyl (C=O) groups excluding carboxylic acids is 1. The summed E-state index contributed by atoms with van der Waals surface area (Å²) in [6.07, 6.45) is 2.92. The number of rotatable bonds is 6. The van der Waals surface area contributed by atoms with Crippen molar-refractivity contribution in [3.63, 3.8) is 0 Å². The van der Waals surface area contributed by atoms with Gasteiger partial charge in [-0.05, 0) is 18.6 Å². The zero-order valence-electron chi connectivity index (χ0n) is 10.9. The van der Waals surface area contributed by atoms with Crippen molar-refractivity contribution in [3.8, 4) is 0 Å². The predicted octanol–water partition coefficient (Wildman–Crippen LogP) is 4.54. The number of nitrogen functional groups attached to an aromatic ring is 1. The van der Waals surface area contributed by atoms with Crippen molar-refractivity contribution in [1.29, 1.82) is 0 Å². The monoisotopic (exact) mass is 361 g/mol. The van der Waals surface area contributed by atoms with Crippen LogP contribution in [-0.4, -0.2) is 16.6 Å². The number of nitrogens with zero attached hydrogens (tertiary/aromatic N) is 1. The van der Waals surface area contributed by atoms with Gasteiger partial charge in [-0.2, -0.15) is 0 Å². The fourth-order valence-electron chi connectivity index (χ4n) is 1.60. The third-order valence-corrected chi connectivity index (χ3v) is 5.10. The van der Waals surface area contributed by atoms with Crippen molar-refractivity contribution in [1.82, 2.24) is 4.98 Å². The molecule has 0 aliphatic carbocycles. The zero-order chi connectivity index (χ0) is 15.2. The molecule has 8 heteroatoms. The molecule has 112 valence electrons. The Morgan fingerprint density at radius 2 is 2.24 bits per heavy atom. The Hall–Kier alpha value is -0.950. The van der Waals surface area contributed by atoms with Gasteiger partial charge in [0, 0.05) is 28.8 Å². The summed E-state index contributed by atoms with van der Waals surface area (Å²) in [7, 11) is 0. The SMILES string of the molecule is Nc1cc(Cl)cc(Cl)c1NC(=O)CCCSc1nccs1. The minimum absolute atomic E-state index is 0.120. The average Bonchev–Trinajstić information content (AvgIpc) is 2.92. The minimum Gasteiger partial charge on any atom is -0.397 e. The zero-order valence-corrected chi connectivity index (χ0v) is 14.1. The summed E-state index contributed by atoms with van der Waals surface area (Å²) < 4.78 is 1.01. The Bertz CT molecular complexity index is 597. The van der Waals surface area contributed by atoms with Crippen molar-refractivity contribution >= 4 is 63.6 Å². The largest absolute Gasteiger partial charge is 0.397 e. The smallest absolute Gasteiger partial charge is 0.224 e. The lowest BCUT2D eigenvalue weighted by Crippen LogP contribution is -2.13. The molecule has 1 aromatic carbocycles. The molecule has 1 heterocycles. The Balaban J connectivity index is 1.79. The van der Waals surface area contributed by atoms with Gasteiger partial charge >= 0.3 is 0 Å². The number of benzene rings is 1. The lowest BCUT2D eigenvalue weighted by molar-refractivity contribution is -0.116. The van der Waals surface area contributed by atoms with Crippen molar-refractivity contribution in [2.45, 2.75) is 17.2 Å². The van der Waals surface area contributed by atoms with E-state index in [4.69, 9.17) is 28.9 Å². The summed E-state index contributed by atoms with van der Waals surface area (Å²) >= 11 is 15.1. The van der Waals surface area contributed by atoms with E-state index in [9.17, 15) is 4.79 Å². The van der Waals surface area contributed by atoms with E-state index in [0.29, 0.717) is 27.8 Å². The first-order chi connectivity index (χ1) is 10.1. The number of aromatic nitrogens is 1. The highest BCUT2D eigenvalue weighted by Gasteiger charge is 2.10. The summed E-state index contributed by atoms with van der Waals surface area (Å²) in [4.78, 5) is 16.0. The van der Waals surface area contributed by atoms with Gasteiger partial charge in [-0.25, -0.2) is 4.98 Å². The number of hydrogen-bond donors (Lipinski definition) is 2. The highest BCUT2D eigenvalue weighted by atomic mass is 35.5. The molecule has 0 radical (unpaired) electrons. The van der Waals surface area contributed by atoms with Crippen LogP contribution in [0.5, 0.6) is 0 Å². The first-order valence-corrected chi connectivity index (χ1v) is 8.75. The number of hydrogen-bond acceptors (Lipinski definition) is 5. The molecule has 0 bridgehead atoms. The molecule has 4 nitrogen and oxygen atoms in total. The predicted molar refractivity (Wildman–Crippen MR) is 91.6 cm³/mol. The van der Waals surface area contributed by atoms with E-state index in [0.717, 1.165) is 16.5 Å². The van der Waals surface area contributed by atoms with Gasteiger partial charge in [0.15, 0.2) is 0 Å². The van der Waals surface area contributed by atoms with Crippen LogP contribution in [-0.2, 0) is 4.79 Å². The van der Waals surface area contributed by atoms with Crippen molar-refractivity contribution in [2.75, 3.05) is 16.8 Å². The van der Waals surface area contributed by atoms with E-state index in [1.807, 2.05) is 5.38 Å². The molecule has 2 rings (SSSR count). The second-order valence-corrected chi connectivity index (χ2v) is 7.23. The number of amides is 1. The first-order valence-electron chi connectivity index (χ1n) is 6.13. The maximum absolute atomic E-state index is 11.9. The quantitative estimate of drug-likeness (QED) is 0.450. The van der Waals surface area contributed by atoms with Crippen LogP contribution in [0.4, 0.5) is 11.4 Å². The summed E-state index contributed by atoms with van der Waals surface area (Å²) in [5.41, 5.74) is 6.57. The summed E-state index contributed by atoms with van der Waals surface area (Å²) in [5, 5.41) is 5.43. The highest BCUT2D eigenvalue weighted by Crippen LogP contribution is 2.32. The van der Waals surface area contributed by atoms with Crippen LogP contribution in [0.1, 0.15) is 12.8 Å². The van der Waals surface area contributed by atoms with E-state index in [2.05, 4.69) is 10.3 Å². The topological polar surface area (TPSA) is 68.0 Å². The van der Waals surface area contributed by atoms with Gasteiger partial charge in [0.2, 0.25) is 5.91 Å². The number of halogens is 2. The molecule has 0 atom stereocenters. The number of nitrogens with two attached hydrogens (primary N) is 1. The molecule has 0 saturated heterocycles. The van der Waals surface area contributed by atoms with Crippen LogP contribution >= 0.6 is 46.3 Å². The van der Waals surface area contributed by atoms with Crippen molar-refractivity contribution in [2.24, 2.45) is 0 Å².